The fourth-order valence-corrected chi connectivity index (χ4v) is 3.51. The van der Waals surface area contributed by atoms with E-state index in [9.17, 15) is 4.79 Å². The number of nitrogens with zero attached hydrogens (tertiary/aromatic N) is 4. The number of carbonyl (C=O) groups excluding carboxylic acids is 1. The van der Waals surface area contributed by atoms with Gasteiger partial charge in [-0.2, -0.15) is 5.10 Å². The fraction of sp³-hybridized carbons (Fsp3) is 0.393. The molecule has 3 rings (SSSR count). The molecule has 0 aliphatic rings. The first-order valence-electron chi connectivity index (χ1n) is 12.5. The van der Waals surface area contributed by atoms with Crippen molar-refractivity contribution in [3.63, 3.8) is 0 Å². The predicted molar refractivity (Wildman–Crippen MR) is 138 cm³/mol. The molecule has 0 saturated carbocycles. The molecule has 3 aromatic rings. The Morgan fingerprint density at radius 1 is 0.829 bits per heavy atom. The van der Waals surface area contributed by atoms with Crippen LogP contribution in [0.15, 0.2) is 65.9 Å². The van der Waals surface area contributed by atoms with E-state index in [0.717, 1.165) is 17.7 Å². The van der Waals surface area contributed by atoms with Crippen molar-refractivity contribution in [3.05, 3.63) is 72.1 Å². The summed E-state index contributed by atoms with van der Waals surface area (Å²) in [4.78, 5) is 20.6. The number of rotatable bonds is 15. The van der Waals surface area contributed by atoms with E-state index in [4.69, 9.17) is 9.47 Å². The van der Waals surface area contributed by atoms with Gasteiger partial charge >= 0.3 is 5.97 Å². The van der Waals surface area contributed by atoms with Gasteiger partial charge in [-0.15, -0.1) is 5.10 Å². The monoisotopic (exact) mass is 474 g/mol. The van der Waals surface area contributed by atoms with Gasteiger partial charge in [-0.05, 0) is 60.5 Å². The van der Waals surface area contributed by atoms with Crippen LogP contribution in [-0.4, -0.2) is 34.0 Å². The van der Waals surface area contributed by atoms with E-state index in [2.05, 4.69) is 27.1 Å². The molecule has 35 heavy (non-hydrogen) atoms. The largest absolute Gasteiger partial charge is 0.494 e. The predicted octanol–water partition coefficient (Wildman–Crippen LogP) is 6.75. The van der Waals surface area contributed by atoms with Crippen LogP contribution < -0.4 is 9.47 Å². The molecule has 0 unspecified atom stereocenters. The van der Waals surface area contributed by atoms with Gasteiger partial charge in [0.15, 0.2) is 0 Å². The van der Waals surface area contributed by atoms with Gasteiger partial charge in [-0.25, -0.2) is 14.8 Å². The van der Waals surface area contributed by atoms with E-state index >= 15 is 0 Å². The number of unbranched alkanes of at least 4 members (excludes halogenated alkanes) is 8. The highest BCUT2D eigenvalue weighted by molar-refractivity contribution is 5.91. The minimum absolute atomic E-state index is 0.281. The topological polar surface area (TPSA) is 86.6 Å². The van der Waals surface area contributed by atoms with Crippen LogP contribution >= 0.6 is 0 Å². The Morgan fingerprint density at radius 2 is 1.49 bits per heavy atom. The second-order valence-electron chi connectivity index (χ2n) is 8.36. The number of benzene rings is 2. The van der Waals surface area contributed by atoms with Crippen LogP contribution in [0.1, 0.15) is 80.6 Å². The summed E-state index contributed by atoms with van der Waals surface area (Å²) < 4.78 is 11.3. The zero-order valence-corrected chi connectivity index (χ0v) is 20.4. The molecule has 0 aliphatic carbocycles. The standard InChI is InChI=1S/C28H34N4O3/c1-2-3-4-5-6-7-8-9-10-21-34-25-17-13-24(14-18-25)27(33)35-26-15-11-23(12-16-26)22-30-28-29-19-20-31-32-28/h11-20,22H,2-10,21H2,1H3/b30-22+. The maximum absolute atomic E-state index is 12.5. The van der Waals surface area contributed by atoms with Crippen molar-refractivity contribution in [3.8, 4) is 11.5 Å². The number of aromatic nitrogens is 3. The molecule has 7 nitrogen and oxygen atoms in total. The van der Waals surface area contributed by atoms with Gasteiger partial charge in [-0.1, -0.05) is 58.3 Å². The summed E-state index contributed by atoms with van der Waals surface area (Å²) in [7, 11) is 0. The number of hydrogen-bond acceptors (Lipinski definition) is 7. The average molecular weight is 475 g/mol. The van der Waals surface area contributed by atoms with Crippen LogP contribution in [0.5, 0.6) is 11.5 Å². The molecular weight excluding hydrogens is 440 g/mol. The lowest BCUT2D eigenvalue weighted by Gasteiger charge is -2.08. The molecule has 2 aromatic carbocycles. The van der Waals surface area contributed by atoms with Crippen molar-refractivity contribution >= 4 is 18.1 Å². The molecule has 0 aliphatic heterocycles. The molecule has 0 N–H and O–H groups in total. The van der Waals surface area contributed by atoms with Crippen molar-refractivity contribution in [1.82, 2.24) is 15.2 Å². The number of aliphatic imine (C=N–C) groups is 1. The molecule has 7 heteroatoms. The molecule has 0 fully saturated rings. The van der Waals surface area contributed by atoms with E-state index in [1.54, 1.807) is 42.6 Å². The summed E-state index contributed by atoms with van der Waals surface area (Å²) in [6.07, 6.45) is 16.2. The first-order valence-corrected chi connectivity index (χ1v) is 12.5. The fourth-order valence-electron chi connectivity index (χ4n) is 3.51. The van der Waals surface area contributed by atoms with Crippen LogP contribution in [0, 0.1) is 0 Å². The second kappa shape index (κ2) is 15.3. The lowest BCUT2D eigenvalue weighted by Crippen LogP contribution is -2.08. The Morgan fingerprint density at radius 3 is 2.14 bits per heavy atom. The molecular formula is C28H34N4O3. The number of hydrogen-bond donors (Lipinski definition) is 0. The van der Waals surface area contributed by atoms with Gasteiger partial charge in [0.25, 0.3) is 5.95 Å². The van der Waals surface area contributed by atoms with Gasteiger partial charge in [0.2, 0.25) is 0 Å². The van der Waals surface area contributed by atoms with Gasteiger partial charge in [0.05, 0.1) is 24.6 Å². The summed E-state index contributed by atoms with van der Waals surface area (Å²) in [5, 5.41) is 7.52. The van der Waals surface area contributed by atoms with Crippen molar-refractivity contribution in [2.24, 2.45) is 4.99 Å². The minimum atomic E-state index is -0.416. The van der Waals surface area contributed by atoms with E-state index in [0.29, 0.717) is 17.9 Å². The Balaban J connectivity index is 1.35. The normalized spacial score (nSPS) is 11.0. The zero-order valence-electron chi connectivity index (χ0n) is 20.4. The molecule has 0 spiro atoms. The molecule has 0 saturated heterocycles. The molecule has 0 amide bonds. The third-order valence-electron chi connectivity index (χ3n) is 5.50. The van der Waals surface area contributed by atoms with Crippen LogP contribution in [0.4, 0.5) is 5.95 Å². The maximum Gasteiger partial charge on any atom is 0.343 e. The van der Waals surface area contributed by atoms with Crippen molar-refractivity contribution in [2.45, 2.75) is 64.7 Å². The van der Waals surface area contributed by atoms with Crippen LogP contribution in [-0.2, 0) is 0 Å². The van der Waals surface area contributed by atoms with E-state index in [1.807, 2.05) is 12.1 Å². The maximum atomic E-state index is 12.5. The lowest BCUT2D eigenvalue weighted by molar-refractivity contribution is 0.0734. The Kier molecular flexibility index (Phi) is 11.4. The SMILES string of the molecule is CCCCCCCCCCCOc1ccc(C(=O)Oc2ccc(/C=N/c3nccnn3)cc2)cc1. The summed E-state index contributed by atoms with van der Waals surface area (Å²) in [5.41, 5.74) is 1.30. The molecule has 184 valence electrons. The van der Waals surface area contributed by atoms with Gasteiger partial charge in [0.1, 0.15) is 11.5 Å². The Hall–Kier alpha value is -3.61. The molecule has 1 aromatic heterocycles. The quantitative estimate of drug-likeness (QED) is 0.105. The van der Waals surface area contributed by atoms with Crippen molar-refractivity contribution in [2.75, 3.05) is 6.61 Å². The summed E-state index contributed by atoms with van der Waals surface area (Å²) in [6, 6.07) is 14.1. The molecule has 0 atom stereocenters. The number of ether oxygens (including phenoxy) is 2. The van der Waals surface area contributed by atoms with Crippen LogP contribution in [0.3, 0.4) is 0 Å². The third-order valence-corrected chi connectivity index (χ3v) is 5.50. The lowest BCUT2D eigenvalue weighted by atomic mass is 10.1. The smallest absolute Gasteiger partial charge is 0.343 e. The first kappa shape index (κ1) is 26.0. The second-order valence-corrected chi connectivity index (χ2v) is 8.36. The minimum Gasteiger partial charge on any atom is -0.494 e. The number of carbonyl (C=O) groups is 1. The zero-order chi connectivity index (χ0) is 24.6. The van der Waals surface area contributed by atoms with Crippen LogP contribution in [0.2, 0.25) is 0 Å². The number of esters is 1. The van der Waals surface area contributed by atoms with Crippen molar-refractivity contribution < 1.29 is 14.3 Å². The summed E-state index contributed by atoms with van der Waals surface area (Å²) in [5.74, 6) is 1.09. The highest BCUT2D eigenvalue weighted by Crippen LogP contribution is 2.17. The average Bonchev–Trinajstić information content (AvgIpc) is 2.90. The third kappa shape index (κ3) is 10.0. The van der Waals surface area contributed by atoms with Gasteiger partial charge in [0, 0.05) is 6.21 Å². The highest BCUT2D eigenvalue weighted by atomic mass is 16.5. The van der Waals surface area contributed by atoms with Crippen molar-refractivity contribution in [1.29, 1.82) is 0 Å². The summed E-state index contributed by atoms with van der Waals surface area (Å²) in [6.45, 7) is 2.95. The van der Waals surface area contributed by atoms with Gasteiger partial charge < -0.3 is 9.47 Å². The molecule has 0 bridgehead atoms. The van der Waals surface area contributed by atoms with Crippen LogP contribution in [0.25, 0.3) is 0 Å². The molecule has 0 radical (unpaired) electrons. The Labute approximate surface area is 207 Å². The highest BCUT2D eigenvalue weighted by Gasteiger charge is 2.09. The van der Waals surface area contributed by atoms with E-state index in [1.165, 1.54) is 63.8 Å². The van der Waals surface area contributed by atoms with E-state index in [-0.39, 0.29) is 5.95 Å². The first-order chi connectivity index (χ1) is 17.2. The van der Waals surface area contributed by atoms with E-state index < -0.39 is 5.97 Å². The molecule has 1 heterocycles. The summed E-state index contributed by atoms with van der Waals surface area (Å²) >= 11 is 0. The van der Waals surface area contributed by atoms with Gasteiger partial charge in [-0.3, -0.25) is 0 Å². The Bertz CT molecular complexity index is 1020.